The summed E-state index contributed by atoms with van der Waals surface area (Å²) in [6.45, 7) is 2.15. The number of halogens is 1. The summed E-state index contributed by atoms with van der Waals surface area (Å²) in [5.41, 5.74) is 6.80. The number of aliphatic hydroxyl groups excluding tert-OH is 1. The number of ether oxygens (including phenoxy) is 4. The average Bonchev–Trinajstić information content (AvgIpc) is 3.66. The number of benzene rings is 3. The van der Waals surface area contributed by atoms with E-state index in [1.165, 1.54) is 0 Å². The fourth-order valence-corrected chi connectivity index (χ4v) is 8.95. The molecule has 2 fully saturated rings. The van der Waals surface area contributed by atoms with Gasteiger partial charge in [0.05, 0.1) is 67.7 Å². The van der Waals surface area contributed by atoms with E-state index < -0.39 is 12.1 Å². The van der Waals surface area contributed by atoms with Crippen LogP contribution in [-0.2, 0) is 22.6 Å². The summed E-state index contributed by atoms with van der Waals surface area (Å²) in [6, 6.07) is 20.3. The topological polar surface area (TPSA) is 132 Å². The number of hydrogen-bond donors (Lipinski definition) is 2. The second-order valence-electron chi connectivity index (χ2n) is 15.3. The third kappa shape index (κ3) is 8.61. The first-order chi connectivity index (χ1) is 27.6. The van der Waals surface area contributed by atoms with E-state index in [-0.39, 0.29) is 18.4 Å². The molecule has 2 atom stereocenters. The lowest BCUT2D eigenvalue weighted by atomic mass is 9.83. The maximum atomic E-state index is 11.2. The number of aliphatic carboxylic acids is 1. The number of rotatable bonds is 14. The van der Waals surface area contributed by atoms with Crippen molar-refractivity contribution in [1.29, 1.82) is 0 Å². The molecular weight excluding hydrogens is 746 g/mol. The minimum Gasteiger partial charge on any atom is -0.496 e. The first kappa shape index (κ1) is 40.5. The lowest BCUT2D eigenvalue weighted by molar-refractivity contribution is -0.138. The predicted molar refractivity (Wildman–Crippen MR) is 221 cm³/mol. The molecule has 2 N–H and O–H groups in total. The predicted octanol–water partition coefficient (Wildman–Crippen LogP) is 7.48. The molecule has 0 amide bonds. The van der Waals surface area contributed by atoms with Crippen LogP contribution in [0.2, 0.25) is 5.02 Å². The summed E-state index contributed by atoms with van der Waals surface area (Å²) in [5, 5.41) is 26.1. The molecule has 3 aromatic carbocycles. The van der Waals surface area contributed by atoms with E-state index in [4.69, 9.17) is 40.6 Å². The lowest BCUT2D eigenvalue weighted by Gasteiger charge is -2.35. The standard InChI is InChI=1S/C44H52ClN5O7/c1-48(29-15-12-27(13-16-29)20-42(52)53)25-35-40(54-3)21-30(22-41(35)55-4)50-37-11-7-8-31(34(37)23-46-50)32-9-6-10-33(43(32)45)36-17-14-28(44(47-36)56-5)24-49(2)38-18-19-57-26-39(38)51/h6-11,14,17,21-23,27,29,38-39,51H,12-13,15-16,18-20,24-26H2,1-5H3,(H,52,53)/t27?,29?,38-,39+/m1/s1. The minimum absolute atomic E-state index is 0.00750. The van der Waals surface area contributed by atoms with Crippen molar-refractivity contribution in [3.63, 3.8) is 0 Å². The van der Waals surface area contributed by atoms with E-state index in [1.807, 2.05) is 78.6 Å². The number of carboxylic acid groups (broad SMARTS) is 1. The van der Waals surface area contributed by atoms with Crippen molar-refractivity contribution in [1.82, 2.24) is 24.6 Å². The molecule has 3 heterocycles. The molecule has 57 heavy (non-hydrogen) atoms. The number of carbonyl (C=O) groups is 1. The molecule has 2 aliphatic rings. The number of hydrogen-bond acceptors (Lipinski definition) is 10. The van der Waals surface area contributed by atoms with Gasteiger partial charge in [-0.25, -0.2) is 9.67 Å². The largest absolute Gasteiger partial charge is 0.496 e. The van der Waals surface area contributed by atoms with Gasteiger partial charge in [-0.1, -0.05) is 48.0 Å². The van der Waals surface area contributed by atoms with Crippen molar-refractivity contribution >= 4 is 28.5 Å². The van der Waals surface area contributed by atoms with Gasteiger partial charge in [-0.05, 0) is 69.8 Å². The van der Waals surface area contributed by atoms with Crippen molar-refractivity contribution in [2.24, 2.45) is 5.92 Å². The van der Waals surface area contributed by atoms with Crippen LogP contribution in [0.1, 0.15) is 49.7 Å². The lowest BCUT2D eigenvalue weighted by Crippen LogP contribution is -2.46. The van der Waals surface area contributed by atoms with Gasteiger partial charge in [0.1, 0.15) is 11.5 Å². The quantitative estimate of drug-likeness (QED) is 0.116. The van der Waals surface area contributed by atoms with Crippen LogP contribution >= 0.6 is 11.6 Å². The van der Waals surface area contributed by atoms with E-state index in [1.54, 1.807) is 21.3 Å². The fourth-order valence-electron chi connectivity index (χ4n) is 8.62. The van der Waals surface area contributed by atoms with Crippen LogP contribution in [0.4, 0.5) is 0 Å². The van der Waals surface area contributed by atoms with Gasteiger partial charge in [0, 0.05) is 72.4 Å². The second kappa shape index (κ2) is 17.8. The summed E-state index contributed by atoms with van der Waals surface area (Å²) in [6.07, 6.45) is 6.07. The summed E-state index contributed by atoms with van der Waals surface area (Å²) in [4.78, 5) is 20.6. The molecule has 7 rings (SSSR count). The van der Waals surface area contributed by atoms with E-state index in [0.29, 0.717) is 60.4 Å². The number of carboxylic acids is 1. The molecule has 0 unspecified atom stereocenters. The van der Waals surface area contributed by atoms with E-state index in [2.05, 4.69) is 16.8 Å². The number of nitrogens with zero attached hydrogens (tertiary/aromatic N) is 5. The highest BCUT2D eigenvalue weighted by Crippen LogP contribution is 2.41. The molecule has 0 radical (unpaired) electrons. The molecule has 1 aliphatic carbocycles. The normalized spacial score (nSPS) is 19.9. The minimum atomic E-state index is -0.717. The molecule has 1 saturated carbocycles. The van der Waals surface area contributed by atoms with Crippen molar-refractivity contribution in [3.8, 4) is 45.5 Å². The molecule has 1 saturated heterocycles. The van der Waals surface area contributed by atoms with Gasteiger partial charge in [-0.2, -0.15) is 5.10 Å². The third-order valence-electron chi connectivity index (χ3n) is 11.7. The van der Waals surface area contributed by atoms with Crippen molar-refractivity contribution in [2.75, 3.05) is 48.6 Å². The molecule has 5 aromatic rings. The first-order valence-corrected chi connectivity index (χ1v) is 19.9. The van der Waals surface area contributed by atoms with Crippen LogP contribution in [0.15, 0.2) is 66.9 Å². The number of aliphatic hydroxyl groups is 1. The zero-order chi connectivity index (χ0) is 40.2. The van der Waals surface area contributed by atoms with Gasteiger partial charge in [-0.3, -0.25) is 14.6 Å². The Morgan fingerprint density at radius 3 is 2.28 bits per heavy atom. The Kier molecular flexibility index (Phi) is 12.7. The van der Waals surface area contributed by atoms with Crippen LogP contribution in [-0.4, -0.2) is 108 Å². The van der Waals surface area contributed by atoms with Gasteiger partial charge >= 0.3 is 5.97 Å². The zero-order valence-electron chi connectivity index (χ0n) is 33.3. The van der Waals surface area contributed by atoms with Crippen molar-refractivity contribution < 1.29 is 34.0 Å². The average molecular weight is 798 g/mol. The first-order valence-electron chi connectivity index (χ1n) is 19.5. The molecule has 2 aromatic heterocycles. The van der Waals surface area contributed by atoms with E-state index in [0.717, 1.165) is 76.5 Å². The Bertz CT molecular complexity index is 2180. The maximum Gasteiger partial charge on any atom is 0.303 e. The van der Waals surface area contributed by atoms with E-state index in [9.17, 15) is 15.0 Å². The summed E-state index contributed by atoms with van der Waals surface area (Å²) < 4.78 is 25.0. The Hall–Kier alpha value is -4.72. The molecule has 1 aliphatic heterocycles. The van der Waals surface area contributed by atoms with Gasteiger partial charge in [0.25, 0.3) is 0 Å². The highest BCUT2D eigenvalue weighted by molar-refractivity contribution is 6.36. The number of fused-ring (bicyclic) bond motifs is 1. The van der Waals surface area contributed by atoms with Crippen molar-refractivity contribution in [2.45, 2.75) is 69.8 Å². The molecule has 12 nitrogen and oxygen atoms in total. The van der Waals surface area contributed by atoms with E-state index >= 15 is 0 Å². The molecular formula is C44H52ClN5O7. The smallest absolute Gasteiger partial charge is 0.303 e. The van der Waals surface area contributed by atoms with Gasteiger partial charge in [0.2, 0.25) is 5.88 Å². The molecule has 13 heteroatoms. The monoisotopic (exact) mass is 797 g/mol. The Morgan fingerprint density at radius 2 is 1.60 bits per heavy atom. The maximum absolute atomic E-state index is 11.2. The SMILES string of the molecule is COc1cc(-n2ncc3c(-c4cccc(-c5ccc(CN(C)[C@@H]6CCOC[C@@H]6O)c(OC)n5)c4Cl)cccc32)cc(OC)c1CN(C)C1CCC(CC(=O)O)CC1. The highest BCUT2D eigenvalue weighted by Gasteiger charge is 2.29. The fraction of sp³-hybridized carbons (Fsp3) is 0.432. The van der Waals surface area contributed by atoms with Crippen LogP contribution in [0, 0.1) is 5.92 Å². The molecule has 0 bridgehead atoms. The highest BCUT2D eigenvalue weighted by atomic mass is 35.5. The number of methoxy groups -OCH3 is 3. The van der Waals surface area contributed by atoms with Crippen LogP contribution in [0.25, 0.3) is 39.0 Å². The Balaban J connectivity index is 1.15. The Labute approximate surface area is 338 Å². The van der Waals surface area contributed by atoms with Crippen LogP contribution in [0.5, 0.6) is 17.4 Å². The number of aromatic nitrogens is 3. The van der Waals surface area contributed by atoms with Gasteiger partial charge in [0.15, 0.2) is 0 Å². The van der Waals surface area contributed by atoms with Crippen molar-refractivity contribution in [3.05, 3.63) is 83.0 Å². The summed E-state index contributed by atoms with van der Waals surface area (Å²) in [7, 11) is 9.06. The molecule has 302 valence electrons. The van der Waals surface area contributed by atoms with Gasteiger partial charge in [-0.15, -0.1) is 0 Å². The molecule has 0 spiro atoms. The summed E-state index contributed by atoms with van der Waals surface area (Å²) >= 11 is 7.24. The Morgan fingerprint density at radius 1 is 0.895 bits per heavy atom. The van der Waals surface area contributed by atoms with Crippen LogP contribution in [0.3, 0.4) is 0 Å². The third-order valence-corrected chi connectivity index (χ3v) is 12.1. The van der Waals surface area contributed by atoms with Gasteiger partial charge < -0.3 is 29.2 Å². The van der Waals surface area contributed by atoms with Crippen LogP contribution < -0.4 is 14.2 Å². The zero-order valence-corrected chi connectivity index (χ0v) is 34.0. The second-order valence-corrected chi connectivity index (χ2v) is 15.6. The number of pyridine rings is 1. The summed E-state index contributed by atoms with van der Waals surface area (Å²) in [5.74, 6) is 1.44. The number of likely N-dealkylation sites (N-methyl/N-ethyl adjacent to an activating group) is 1.